The maximum Gasteiger partial charge on any atom is 0.255 e. The van der Waals surface area contributed by atoms with Crippen LogP contribution in [-0.2, 0) is 4.79 Å². The number of anilines is 2. The van der Waals surface area contributed by atoms with Crippen LogP contribution >= 0.6 is 23.2 Å². The number of carbonyl (C=O) groups excluding carboxylic acids is 2. The van der Waals surface area contributed by atoms with Gasteiger partial charge in [-0.25, -0.2) is 0 Å². The van der Waals surface area contributed by atoms with Crippen LogP contribution in [0.3, 0.4) is 0 Å². The largest absolute Gasteiger partial charge is 0.324 e. The van der Waals surface area contributed by atoms with Crippen LogP contribution in [0.15, 0.2) is 42.5 Å². The van der Waals surface area contributed by atoms with E-state index in [1.54, 1.807) is 36.4 Å². The number of benzene rings is 2. The van der Waals surface area contributed by atoms with E-state index in [-0.39, 0.29) is 11.8 Å². The van der Waals surface area contributed by atoms with Gasteiger partial charge in [-0.05, 0) is 36.8 Å². The second-order valence-electron chi connectivity index (χ2n) is 5.28. The Labute approximate surface area is 151 Å². The Morgan fingerprint density at radius 3 is 2.25 bits per heavy atom. The third-order valence-electron chi connectivity index (χ3n) is 3.39. The molecule has 0 aliphatic heterocycles. The van der Waals surface area contributed by atoms with Gasteiger partial charge in [0.2, 0.25) is 5.91 Å². The molecule has 0 unspecified atom stereocenters. The van der Waals surface area contributed by atoms with Gasteiger partial charge in [0.05, 0.1) is 21.4 Å². The summed E-state index contributed by atoms with van der Waals surface area (Å²) in [6.07, 6.45) is 2.22. The molecule has 0 radical (unpaired) electrons. The third kappa shape index (κ3) is 4.98. The van der Waals surface area contributed by atoms with Crippen LogP contribution in [0.2, 0.25) is 10.0 Å². The van der Waals surface area contributed by atoms with E-state index in [0.717, 1.165) is 12.8 Å². The van der Waals surface area contributed by atoms with Gasteiger partial charge in [0.15, 0.2) is 0 Å². The smallest absolute Gasteiger partial charge is 0.255 e. The van der Waals surface area contributed by atoms with Crippen LogP contribution in [0, 0.1) is 0 Å². The van der Waals surface area contributed by atoms with Crippen LogP contribution in [0.4, 0.5) is 11.4 Å². The lowest BCUT2D eigenvalue weighted by Crippen LogP contribution is -2.16. The molecule has 0 saturated heterocycles. The van der Waals surface area contributed by atoms with Gasteiger partial charge in [-0.1, -0.05) is 48.7 Å². The van der Waals surface area contributed by atoms with Crippen molar-refractivity contribution in [3.8, 4) is 0 Å². The number of halogens is 2. The molecule has 0 saturated carbocycles. The number of hydrogen-bond donors (Lipinski definition) is 2. The molecule has 0 heterocycles. The molecule has 2 aromatic carbocycles. The Balaban J connectivity index is 2.13. The zero-order valence-corrected chi connectivity index (χ0v) is 14.7. The first-order valence-corrected chi connectivity index (χ1v) is 8.42. The number of hydrogen-bond acceptors (Lipinski definition) is 2. The third-order valence-corrected chi connectivity index (χ3v) is 4.13. The molecule has 2 aromatic rings. The minimum atomic E-state index is -0.330. The molecule has 2 amide bonds. The summed E-state index contributed by atoms with van der Waals surface area (Å²) in [6, 6.07) is 11.7. The van der Waals surface area contributed by atoms with Crippen molar-refractivity contribution in [2.75, 3.05) is 10.6 Å². The Bertz CT molecular complexity index is 748. The Hall–Kier alpha value is -2.04. The molecule has 6 heteroatoms. The van der Waals surface area contributed by atoms with Gasteiger partial charge in [-0.2, -0.15) is 0 Å². The summed E-state index contributed by atoms with van der Waals surface area (Å²) in [5.74, 6) is -0.406. The van der Waals surface area contributed by atoms with Crippen molar-refractivity contribution >= 4 is 46.4 Å². The minimum Gasteiger partial charge on any atom is -0.324 e. The predicted octanol–water partition coefficient (Wildman–Crippen LogP) is 5.37. The van der Waals surface area contributed by atoms with E-state index < -0.39 is 0 Å². The van der Waals surface area contributed by atoms with Gasteiger partial charge in [-0.15, -0.1) is 0 Å². The number of para-hydroxylation sites is 2. The first kappa shape index (κ1) is 18.3. The van der Waals surface area contributed by atoms with Crippen LogP contribution in [0.5, 0.6) is 0 Å². The highest BCUT2D eigenvalue weighted by atomic mass is 35.5. The fraction of sp³-hybridized carbons (Fsp3) is 0.222. The summed E-state index contributed by atoms with van der Waals surface area (Å²) in [4.78, 5) is 24.3. The lowest BCUT2D eigenvalue weighted by Gasteiger charge is -2.12. The summed E-state index contributed by atoms with van der Waals surface area (Å²) in [5, 5.41) is 6.30. The van der Waals surface area contributed by atoms with Crippen LogP contribution < -0.4 is 10.6 Å². The summed E-state index contributed by atoms with van der Waals surface area (Å²) in [7, 11) is 0. The Morgan fingerprint density at radius 2 is 1.62 bits per heavy atom. The number of carbonyl (C=O) groups is 2. The van der Waals surface area contributed by atoms with Crippen molar-refractivity contribution in [3.05, 3.63) is 58.1 Å². The van der Waals surface area contributed by atoms with Gasteiger partial charge < -0.3 is 10.6 Å². The average molecular weight is 365 g/mol. The summed E-state index contributed by atoms with van der Waals surface area (Å²) < 4.78 is 0. The van der Waals surface area contributed by atoms with Gasteiger partial charge in [-0.3, -0.25) is 9.59 Å². The van der Waals surface area contributed by atoms with Gasteiger partial charge in [0.1, 0.15) is 0 Å². The Morgan fingerprint density at radius 1 is 0.958 bits per heavy atom. The van der Waals surface area contributed by atoms with E-state index in [2.05, 4.69) is 10.6 Å². The van der Waals surface area contributed by atoms with Gasteiger partial charge in [0, 0.05) is 12.0 Å². The molecule has 0 aliphatic rings. The van der Waals surface area contributed by atoms with Crippen molar-refractivity contribution in [3.63, 3.8) is 0 Å². The van der Waals surface area contributed by atoms with Crippen LogP contribution in [0.25, 0.3) is 0 Å². The predicted molar refractivity (Wildman–Crippen MR) is 99.0 cm³/mol. The van der Waals surface area contributed by atoms with Gasteiger partial charge >= 0.3 is 0 Å². The molecule has 24 heavy (non-hydrogen) atoms. The van der Waals surface area contributed by atoms with Crippen LogP contribution in [-0.4, -0.2) is 11.8 Å². The maximum absolute atomic E-state index is 12.4. The van der Waals surface area contributed by atoms with Crippen LogP contribution in [0.1, 0.15) is 36.5 Å². The molecular formula is C18H18Cl2N2O2. The lowest BCUT2D eigenvalue weighted by molar-refractivity contribution is -0.116. The van der Waals surface area contributed by atoms with Crippen molar-refractivity contribution in [2.45, 2.75) is 26.2 Å². The fourth-order valence-electron chi connectivity index (χ4n) is 2.08. The van der Waals surface area contributed by atoms with Crippen molar-refractivity contribution in [1.29, 1.82) is 0 Å². The second kappa shape index (κ2) is 8.71. The number of amides is 2. The number of unbranched alkanes of at least 4 members (excludes halogenated alkanes) is 1. The minimum absolute atomic E-state index is 0.0758. The van der Waals surface area contributed by atoms with Crippen molar-refractivity contribution in [2.24, 2.45) is 0 Å². The lowest BCUT2D eigenvalue weighted by atomic mass is 10.2. The van der Waals surface area contributed by atoms with Gasteiger partial charge in [0.25, 0.3) is 5.91 Å². The molecule has 0 atom stereocenters. The Kier molecular flexibility index (Phi) is 6.64. The molecule has 0 aliphatic carbocycles. The van der Waals surface area contributed by atoms with Crippen molar-refractivity contribution < 1.29 is 9.59 Å². The van der Waals surface area contributed by atoms with E-state index in [9.17, 15) is 9.59 Å². The molecular weight excluding hydrogens is 347 g/mol. The molecule has 0 fully saturated rings. The molecule has 0 spiro atoms. The normalized spacial score (nSPS) is 10.3. The molecule has 0 aromatic heterocycles. The first-order chi connectivity index (χ1) is 11.5. The molecule has 4 nitrogen and oxygen atoms in total. The summed E-state index contributed by atoms with van der Waals surface area (Å²) >= 11 is 11.8. The topological polar surface area (TPSA) is 58.2 Å². The van der Waals surface area contributed by atoms with E-state index in [0.29, 0.717) is 33.4 Å². The number of rotatable bonds is 6. The van der Waals surface area contributed by atoms with E-state index in [1.165, 1.54) is 6.07 Å². The molecule has 126 valence electrons. The monoisotopic (exact) mass is 364 g/mol. The van der Waals surface area contributed by atoms with E-state index in [4.69, 9.17) is 23.2 Å². The molecule has 2 N–H and O–H groups in total. The highest BCUT2D eigenvalue weighted by Gasteiger charge is 2.12. The maximum atomic E-state index is 12.4. The SMILES string of the molecule is CCCCC(=O)Nc1ccccc1NC(=O)c1ccc(Cl)c(Cl)c1. The van der Waals surface area contributed by atoms with E-state index in [1.807, 2.05) is 6.92 Å². The second-order valence-corrected chi connectivity index (χ2v) is 6.09. The quantitative estimate of drug-likeness (QED) is 0.723. The molecule has 0 bridgehead atoms. The zero-order chi connectivity index (χ0) is 17.5. The van der Waals surface area contributed by atoms with Crippen molar-refractivity contribution in [1.82, 2.24) is 0 Å². The standard InChI is InChI=1S/C18H18Cl2N2O2/c1-2-3-8-17(23)21-15-6-4-5-7-16(15)22-18(24)12-9-10-13(19)14(20)11-12/h4-7,9-11H,2-3,8H2,1H3,(H,21,23)(H,22,24). The number of nitrogens with one attached hydrogen (secondary N) is 2. The summed E-state index contributed by atoms with van der Waals surface area (Å²) in [5.41, 5.74) is 1.47. The summed E-state index contributed by atoms with van der Waals surface area (Å²) in [6.45, 7) is 2.03. The molecule has 2 rings (SSSR count). The first-order valence-electron chi connectivity index (χ1n) is 7.66. The highest BCUT2D eigenvalue weighted by molar-refractivity contribution is 6.42. The highest BCUT2D eigenvalue weighted by Crippen LogP contribution is 2.25. The zero-order valence-electron chi connectivity index (χ0n) is 13.2. The fourth-order valence-corrected chi connectivity index (χ4v) is 2.38. The van der Waals surface area contributed by atoms with E-state index >= 15 is 0 Å². The average Bonchev–Trinajstić information content (AvgIpc) is 2.57.